The Balaban J connectivity index is 2.87. The summed E-state index contributed by atoms with van der Waals surface area (Å²) in [4.78, 5) is 0. The second-order valence-electron chi connectivity index (χ2n) is 3.91. The molecule has 1 atom stereocenters. The first-order valence-corrected chi connectivity index (χ1v) is 6.33. The zero-order valence-electron chi connectivity index (χ0n) is 9.88. The summed E-state index contributed by atoms with van der Waals surface area (Å²) in [6.07, 6.45) is 1.46. The minimum atomic E-state index is -0.362. The first-order valence-electron chi connectivity index (χ1n) is 5.53. The molecule has 2 nitrogen and oxygen atoms in total. The number of rotatable bonds is 6. The molecule has 0 bridgehead atoms. The summed E-state index contributed by atoms with van der Waals surface area (Å²) in [6.45, 7) is 5.90. The fraction of sp³-hybridized carbons (Fsp3) is 0.385. The molecule has 0 saturated carbocycles. The van der Waals surface area contributed by atoms with Gasteiger partial charge >= 0.3 is 0 Å². The van der Waals surface area contributed by atoms with Gasteiger partial charge in [-0.15, -0.1) is 0 Å². The van der Waals surface area contributed by atoms with Crippen molar-refractivity contribution >= 4 is 15.9 Å². The van der Waals surface area contributed by atoms with E-state index >= 15 is 0 Å². The first kappa shape index (κ1) is 14.2. The minimum Gasteiger partial charge on any atom is -0.485 e. The SMILES string of the molecule is C=C(Br)COc1c(F)cccc1CC(N)CC. The van der Waals surface area contributed by atoms with Crippen LogP contribution in [0.25, 0.3) is 0 Å². The van der Waals surface area contributed by atoms with Gasteiger partial charge in [0.25, 0.3) is 0 Å². The van der Waals surface area contributed by atoms with Gasteiger partial charge in [-0.1, -0.05) is 41.6 Å². The number of ether oxygens (including phenoxy) is 1. The molecule has 1 rings (SSSR count). The Morgan fingerprint density at radius 2 is 2.29 bits per heavy atom. The molecule has 1 aromatic rings. The molecule has 0 radical (unpaired) electrons. The van der Waals surface area contributed by atoms with E-state index in [4.69, 9.17) is 10.5 Å². The predicted molar refractivity (Wildman–Crippen MR) is 71.9 cm³/mol. The van der Waals surface area contributed by atoms with E-state index < -0.39 is 0 Å². The van der Waals surface area contributed by atoms with Gasteiger partial charge in [-0.3, -0.25) is 0 Å². The molecule has 1 aromatic carbocycles. The van der Waals surface area contributed by atoms with Crippen LogP contribution in [0, 0.1) is 5.82 Å². The van der Waals surface area contributed by atoms with Gasteiger partial charge in [0.05, 0.1) is 0 Å². The summed E-state index contributed by atoms with van der Waals surface area (Å²) in [5.74, 6) is -0.0865. The number of hydrogen-bond donors (Lipinski definition) is 1. The van der Waals surface area contributed by atoms with Crippen molar-refractivity contribution in [2.45, 2.75) is 25.8 Å². The molecule has 0 spiro atoms. The van der Waals surface area contributed by atoms with Crippen LogP contribution in [0.3, 0.4) is 0 Å². The van der Waals surface area contributed by atoms with Crippen LogP contribution in [0.1, 0.15) is 18.9 Å². The van der Waals surface area contributed by atoms with E-state index in [2.05, 4.69) is 22.5 Å². The van der Waals surface area contributed by atoms with Crippen LogP contribution >= 0.6 is 15.9 Å². The van der Waals surface area contributed by atoms with Crippen molar-refractivity contribution in [1.29, 1.82) is 0 Å². The topological polar surface area (TPSA) is 35.2 Å². The monoisotopic (exact) mass is 301 g/mol. The van der Waals surface area contributed by atoms with Gasteiger partial charge in [0.15, 0.2) is 11.6 Å². The molecule has 1 unspecified atom stereocenters. The van der Waals surface area contributed by atoms with Crippen LogP contribution in [0.2, 0.25) is 0 Å². The summed E-state index contributed by atoms with van der Waals surface area (Å²) in [5.41, 5.74) is 6.67. The van der Waals surface area contributed by atoms with Crippen molar-refractivity contribution in [3.63, 3.8) is 0 Å². The zero-order chi connectivity index (χ0) is 12.8. The lowest BCUT2D eigenvalue weighted by Crippen LogP contribution is -2.22. The van der Waals surface area contributed by atoms with Gasteiger partial charge < -0.3 is 10.5 Å². The van der Waals surface area contributed by atoms with Crippen molar-refractivity contribution in [2.24, 2.45) is 5.73 Å². The number of hydrogen-bond acceptors (Lipinski definition) is 2. The quantitative estimate of drug-likeness (QED) is 0.874. The van der Waals surface area contributed by atoms with E-state index in [1.165, 1.54) is 6.07 Å². The van der Waals surface area contributed by atoms with Crippen LogP contribution < -0.4 is 10.5 Å². The van der Waals surface area contributed by atoms with Crippen LogP contribution in [-0.2, 0) is 6.42 Å². The number of benzene rings is 1. The Kier molecular flexibility index (Phi) is 5.65. The average molecular weight is 302 g/mol. The second-order valence-corrected chi connectivity index (χ2v) is 5.03. The van der Waals surface area contributed by atoms with Gasteiger partial charge in [-0.05, 0) is 24.5 Å². The van der Waals surface area contributed by atoms with Crippen LogP contribution in [0.5, 0.6) is 5.75 Å². The third-order valence-corrected chi connectivity index (χ3v) is 2.66. The molecule has 0 aliphatic rings. The van der Waals surface area contributed by atoms with Crippen molar-refractivity contribution in [3.05, 3.63) is 40.6 Å². The highest BCUT2D eigenvalue weighted by Crippen LogP contribution is 2.25. The summed E-state index contributed by atoms with van der Waals surface area (Å²) < 4.78 is 19.7. The molecule has 0 aliphatic heterocycles. The largest absolute Gasteiger partial charge is 0.485 e. The summed E-state index contributed by atoms with van der Waals surface area (Å²) >= 11 is 3.18. The molecule has 0 saturated heterocycles. The first-order chi connectivity index (χ1) is 8.04. The highest BCUT2D eigenvalue weighted by Gasteiger charge is 2.12. The van der Waals surface area contributed by atoms with Gasteiger partial charge in [-0.25, -0.2) is 4.39 Å². The smallest absolute Gasteiger partial charge is 0.165 e. The Hall–Kier alpha value is -0.870. The van der Waals surface area contributed by atoms with Crippen molar-refractivity contribution in [3.8, 4) is 5.75 Å². The molecular weight excluding hydrogens is 285 g/mol. The summed E-state index contributed by atoms with van der Waals surface area (Å²) in [5, 5.41) is 0. The van der Waals surface area contributed by atoms with Gasteiger partial charge in [0, 0.05) is 10.5 Å². The standard InChI is InChI=1S/C13H17BrFNO/c1-3-11(16)7-10-5-4-6-12(15)13(10)17-8-9(2)14/h4-6,11H,2-3,7-8,16H2,1H3. The average Bonchev–Trinajstić information content (AvgIpc) is 2.27. The Bertz CT molecular complexity index is 395. The Labute approximate surface area is 110 Å². The molecule has 0 amide bonds. The van der Waals surface area contributed by atoms with Gasteiger partial charge in [-0.2, -0.15) is 0 Å². The summed E-state index contributed by atoms with van der Waals surface area (Å²) in [7, 11) is 0. The molecule has 2 N–H and O–H groups in total. The van der Waals surface area contributed by atoms with Crippen LogP contribution in [0.4, 0.5) is 4.39 Å². The molecule has 0 aliphatic carbocycles. The van der Waals surface area contributed by atoms with Gasteiger partial charge in [0.1, 0.15) is 6.61 Å². The number of nitrogens with two attached hydrogens (primary N) is 1. The lowest BCUT2D eigenvalue weighted by molar-refractivity contribution is 0.334. The maximum absolute atomic E-state index is 13.6. The lowest BCUT2D eigenvalue weighted by Gasteiger charge is -2.14. The lowest BCUT2D eigenvalue weighted by atomic mass is 10.0. The second kappa shape index (κ2) is 6.77. The summed E-state index contributed by atoms with van der Waals surface area (Å²) in [6, 6.07) is 4.91. The van der Waals surface area contributed by atoms with Crippen molar-refractivity contribution in [1.82, 2.24) is 0 Å². The molecule has 4 heteroatoms. The zero-order valence-corrected chi connectivity index (χ0v) is 11.5. The van der Waals surface area contributed by atoms with Gasteiger partial charge in [0.2, 0.25) is 0 Å². The number of halogens is 2. The van der Waals surface area contributed by atoms with Crippen LogP contribution in [0.15, 0.2) is 29.3 Å². The van der Waals surface area contributed by atoms with Crippen LogP contribution in [-0.4, -0.2) is 12.6 Å². The third kappa shape index (κ3) is 4.48. The highest BCUT2D eigenvalue weighted by molar-refractivity contribution is 9.11. The van der Waals surface area contributed by atoms with E-state index in [0.717, 1.165) is 12.0 Å². The Morgan fingerprint density at radius 3 is 2.88 bits per heavy atom. The van der Waals surface area contributed by atoms with Crippen molar-refractivity contribution < 1.29 is 9.13 Å². The molecule has 94 valence electrons. The molecular formula is C13H17BrFNO. The molecule has 0 aromatic heterocycles. The number of para-hydroxylation sites is 1. The normalized spacial score (nSPS) is 12.2. The van der Waals surface area contributed by atoms with E-state index in [9.17, 15) is 4.39 Å². The van der Waals surface area contributed by atoms with E-state index in [-0.39, 0.29) is 24.2 Å². The fourth-order valence-electron chi connectivity index (χ4n) is 1.45. The molecule has 0 fully saturated rings. The van der Waals surface area contributed by atoms with E-state index in [1.54, 1.807) is 6.07 Å². The third-order valence-electron chi connectivity index (χ3n) is 2.43. The van der Waals surface area contributed by atoms with Crippen molar-refractivity contribution in [2.75, 3.05) is 6.61 Å². The Morgan fingerprint density at radius 1 is 1.59 bits per heavy atom. The molecule has 17 heavy (non-hydrogen) atoms. The van der Waals surface area contributed by atoms with E-state index in [0.29, 0.717) is 10.9 Å². The maximum atomic E-state index is 13.6. The maximum Gasteiger partial charge on any atom is 0.165 e. The minimum absolute atomic E-state index is 0.0197. The fourth-order valence-corrected chi connectivity index (χ4v) is 1.57. The molecule has 0 heterocycles. The van der Waals surface area contributed by atoms with E-state index in [1.807, 2.05) is 13.0 Å². The predicted octanol–water partition coefficient (Wildman–Crippen LogP) is 3.39. The highest BCUT2D eigenvalue weighted by atomic mass is 79.9.